The van der Waals surface area contributed by atoms with E-state index in [0.717, 1.165) is 32.4 Å². The van der Waals surface area contributed by atoms with Crippen LogP contribution < -0.4 is 11.1 Å². The molecule has 1 aliphatic heterocycles. The number of nitrogens with zero attached hydrogens (tertiary/aromatic N) is 1. The van der Waals surface area contributed by atoms with Crippen molar-refractivity contribution in [1.82, 2.24) is 10.2 Å². The van der Waals surface area contributed by atoms with Crippen LogP contribution in [0.3, 0.4) is 0 Å². The van der Waals surface area contributed by atoms with E-state index in [1.807, 2.05) is 0 Å². The monoisotopic (exact) mass is 295 g/mol. The van der Waals surface area contributed by atoms with Gasteiger partial charge in [-0.3, -0.25) is 9.69 Å². The summed E-state index contributed by atoms with van der Waals surface area (Å²) in [6.07, 6.45) is 6.92. The summed E-state index contributed by atoms with van der Waals surface area (Å²) in [5, 5.41) is 3.56. The summed E-state index contributed by atoms with van der Waals surface area (Å²) in [6, 6.07) is 0.963. The molecule has 3 N–H and O–H groups in total. The van der Waals surface area contributed by atoms with Crippen molar-refractivity contribution in [3.8, 4) is 0 Å². The van der Waals surface area contributed by atoms with E-state index in [2.05, 4.69) is 24.1 Å². The second-order valence-electron chi connectivity index (χ2n) is 7.33. The number of hydrogen-bond donors (Lipinski definition) is 2. The molecule has 0 aromatic rings. The molecule has 4 atom stereocenters. The Labute approximate surface area is 127 Å². The van der Waals surface area contributed by atoms with E-state index >= 15 is 0 Å². The maximum absolute atomic E-state index is 12.1. The minimum atomic E-state index is -0.477. The summed E-state index contributed by atoms with van der Waals surface area (Å²) in [4.78, 5) is 14.6. The second kappa shape index (κ2) is 5.86. The largest absolute Gasteiger partial charge is 0.373 e. The van der Waals surface area contributed by atoms with Gasteiger partial charge in [0.25, 0.3) is 0 Å². The number of carbonyl (C=O) groups excluding carboxylic acids is 1. The highest BCUT2D eigenvalue weighted by Crippen LogP contribution is 2.35. The zero-order valence-electron chi connectivity index (χ0n) is 13.3. The molecule has 21 heavy (non-hydrogen) atoms. The standard InChI is InChI=1S/C16H29N3O2/c1-11-9-19(10-12(2)21-11)14-4-3-7-16(8-14,15(17)20)18-13-5-6-13/h11-14,18H,3-10H2,1-2H3,(H2,17,20)/t11-,12+,14?,16?. The Hall–Kier alpha value is -0.650. The summed E-state index contributed by atoms with van der Waals surface area (Å²) in [6.45, 7) is 6.20. The van der Waals surface area contributed by atoms with E-state index < -0.39 is 5.54 Å². The number of rotatable bonds is 4. The van der Waals surface area contributed by atoms with Crippen LogP contribution in [0, 0.1) is 0 Å². The van der Waals surface area contributed by atoms with Crippen LogP contribution in [0.2, 0.25) is 0 Å². The SMILES string of the molecule is C[C@@H]1CN(C2CCCC(NC3CC3)(C(N)=O)C2)C[C@H](C)O1. The van der Waals surface area contributed by atoms with E-state index in [1.165, 1.54) is 19.3 Å². The fraction of sp³-hybridized carbons (Fsp3) is 0.938. The summed E-state index contributed by atoms with van der Waals surface area (Å²) in [5.41, 5.74) is 5.30. The molecule has 2 saturated carbocycles. The molecule has 120 valence electrons. The molecule has 3 rings (SSSR count). The molecule has 3 fully saturated rings. The van der Waals surface area contributed by atoms with Crippen LogP contribution in [0.5, 0.6) is 0 Å². The van der Waals surface area contributed by atoms with Crippen LogP contribution in [-0.4, -0.2) is 53.7 Å². The van der Waals surface area contributed by atoms with Crippen LogP contribution in [0.15, 0.2) is 0 Å². The van der Waals surface area contributed by atoms with Gasteiger partial charge in [0.2, 0.25) is 5.91 Å². The van der Waals surface area contributed by atoms with Crippen molar-refractivity contribution in [3.63, 3.8) is 0 Å². The molecule has 0 aromatic heterocycles. The molecule has 0 aromatic carbocycles. The predicted molar refractivity (Wildman–Crippen MR) is 81.9 cm³/mol. The third kappa shape index (κ3) is 3.41. The van der Waals surface area contributed by atoms with Crippen LogP contribution in [0.1, 0.15) is 52.4 Å². The molecule has 0 spiro atoms. The van der Waals surface area contributed by atoms with Gasteiger partial charge >= 0.3 is 0 Å². The van der Waals surface area contributed by atoms with Crippen molar-refractivity contribution < 1.29 is 9.53 Å². The fourth-order valence-electron chi connectivity index (χ4n) is 4.12. The third-order valence-electron chi connectivity index (χ3n) is 5.22. The molecule has 1 saturated heterocycles. The number of nitrogens with two attached hydrogens (primary N) is 1. The van der Waals surface area contributed by atoms with Crippen LogP contribution >= 0.6 is 0 Å². The summed E-state index contributed by atoms with van der Waals surface area (Å²) < 4.78 is 5.83. The van der Waals surface area contributed by atoms with Crippen LogP contribution in [0.25, 0.3) is 0 Å². The minimum absolute atomic E-state index is 0.159. The van der Waals surface area contributed by atoms with Gasteiger partial charge in [-0.15, -0.1) is 0 Å². The van der Waals surface area contributed by atoms with Gasteiger partial charge in [-0.25, -0.2) is 0 Å². The zero-order chi connectivity index (χ0) is 15.0. The van der Waals surface area contributed by atoms with Gasteiger partial charge in [-0.2, -0.15) is 0 Å². The Balaban J connectivity index is 1.69. The third-order valence-corrected chi connectivity index (χ3v) is 5.22. The smallest absolute Gasteiger partial charge is 0.237 e. The quantitative estimate of drug-likeness (QED) is 0.812. The number of carbonyl (C=O) groups is 1. The van der Waals surface area contributed by atoms with Gasteiger partial charge in [0.1, 0.15) is 0 Å². The summed E-state index contributed by atoms with van der Waals surface area (Å²) in [5.74, 6) is -0.159. The first-order valence-electron chi connectivity index (χ1n) is 8.45. The Kier molecular flexibility index (Phi) is 4.26. The van der Waals surface area contributed by atoms with Crippen molar-refractivity contribution in [2.24, 2.45) is 5.73 Å². The molecule has 5 heteroatoms. The predicted octanol–water partition coefficient (Wildman–Crippen LogP) is 1.01. The molecule has 0 bridgehead atoms. The normalized spacial score (nSPS) is 41.9. The lowest BCUT2D eigenvalue weighted by molar-refractivity contribution is -0.128. The van der Waals surface area contributed by atoms with Crippen molar-refractivity contribution in [3.05, 3.63) is 0 Å². The Bertz CT molecular complexity index is 389. The lowest BCUT2D eigenvalue weighted by atomic mass is 9.77. The summed E-state index contributed by atoms with van der Waals surface area (Å²) >= 11 is 0. The zero-order valence-corrected chi connectivity index (χ0v) is 13.3. The van der Waals surface area contributed by atoms with Crippen molar-refractivity contribution in [1.29, 1.82) is 0 Å². The molecule has 2 unspecified atom stereocenters. The first kappa shape index (κ1) is 15.3. The number of amides is 1. The lowest BCUT2D eigenvalue weighted by Crippen LogP contribution is -2.62. The molecule has 2 aliphatic carbocycles. The molecule has 0 radical (unpaired) electrons. The molecule has 1 heterocycles. The maximum atomic E-state index is 12.1. The topological polar surface area (TPSA) is 67.6 Å². The number of primary amides is 1. The van der Waals surface area contributed by atoms with E-state index in [9.17, 15) is 4.79 Å². The van der Waals surface area contributed by atoms with Gasteiger partial charge in [-0.05, 0) is 52.4 Å². The minimum Gasteiger partial charge on any atom is -0.373 e. The van der Waals surface area contributed by atoms with Gasteiger partial charge in [-0.1, -0.05) is 0 Å². The van der Waals surface area contributed by atoms with E-state index in [0.29, 0.717) is 12.1 Å². The highest BCUT2D eigenvalue weighted by atomic mass is 16.5. The Morgan fingerprint density at radius 3 is 2.48 bits per heavy atom. The Morgan fingerprint density at radius 2 is 1.90 bits per heavy atom. The maximum Gasteiger partial charge on any atom is 0.237 e. The molecular weight excluding hydrogens is 266 g/mol. The lowest BCUT2D eigenvalue weighted by Gasteiger charge is -2.46. The van der Waals surface area contributed by atoms with Crippen molar-refractivity contribution >= 4 is 5.91 Å². The highest BCUT2D eigenvalue weighted by molar-refractivity contribution is 5.85. The first-order valence-corrected chi connectivity index (χ1v) is 8.45. The average Bonchev–Trinajstić information content (AvgIpc) is 3.21. The van der Waals surface area contributed by atoms with Gasteiger partial charge in [0.15, 0.2) is 0 Å². The fourth-order valence-corrected chi connectivity index (χ4v) is 4.12. The van der Waals surface area contributed by atoms with Crippen LogP contribution in [0.4, 0.5) is 0 Å². The average molecular weight is 295 g/mol. The first-order chi connectivity index (χ1) is 9.98. The van der Waals surface area contributed by atoms with E-state index in [-0.39, 0.29) is 18.1 Å². The van der Waals surface area contributed by atoms with E-state index in [1.54, 1.807) is 0 Å². The number of ether oxygens (including phenoxy) is 1. The summed E-state index contributed by atoms with van der Waals surface area (Å²) in [7, 11) is 0. The number of nitrogens with one attached hydrogen (secondary N) is 1. The van der Waals surface area contributed by atoms with Crippen LogP contribution in [-0.2, 0) is 9.53 Å². The van der Waals surface area contributed by atoms with Crippen molar-refractivity contribution in [2.45, 2.75) is 82.2 Å². The van der Waals surface area contributed by atoms with Gasteiger partial charge in [0, 0.05) is 25.2 Å². The molecule has 5 nitrogen and oxygen atoms in total. The Morgan fingerprint density at radius 1 is 1.24 bits per heavy atom. The second-order valence-corrected chi connectivity index (χ2v) is 7.33. The molecule has 3 aliphatic rings. The number of hydrogen-bond acceptors (Lipinski definition) is 4. The van der Waals surface area contributed by atoms with Crippen molar-refractivity contribution in [2.75, 3.05) is 13.1 Å². The molecular formula is C16H29N3O2. The highest BCUT2D eigenvalue weighted by Gasteiger charge is 2.46. The van der Waals surface area contributed by atoms with E-state index in [4.69, 9.17) is 10.5 Å². The molecule has 1 amide bonds. The van der Waals surface area contributed by atoms with Gasteiger partial charge in [0.05, 0.1) is 17.7 Å². The van der Waals surface area contributed by atoms with Gasteiger partial charge < -0.3 is 15.8 Å². The number of morpholine rings is 1.